The molecule has 0 heterocycles. The highest BCUT2D eigenvalue weighted by atomic mass is 16.7. The smallest absolute Gasteiger partial charge is 0.426 e. The average molecular weight is 501 g/mol. The third-order valence-corrected chi connectivity index (χ3v) is 5.18. The monoisotopic (exact) mass is 501 g/mol. The van der Waals surface area contributed by atoms with Gasteiger partial charge < -0.3 is 30.9 Å². The fourth-order valence-corrected chi connectivity index (χ4v) is 3.37. The van der Waals surface area contributed by atoms with Crippen molar-refractivity contribution >= 4 is 30.8 Å². The van der Waals surface area contributed by atoms with Crippen LogP contribution in [0, 0.1) is 21.4 Å². The number of hydrogen-bond donors (Lipinski definition) is 7. The largest absolute Gasteiger partial charge is 0.475 e. The van der Waals surface area contributed by atoms with Crippen LogP contribution < -0.4 is 21.4 Å². The minimum absolute atomic E-state index is 0.0849. The van der Waals surface area contributed by atoms with E-state index in [-0.39, 0.29) is 37.1 Å². The molecule has 35 heavy (non-hydrogen) atoms. The zero-order valence-corrected chi connectivity index (χ0v) is 21.0. The normalized spacial score (nSPS) is 12.3. The number of guanidine groups is 1. The summed E-state index contributed by atoms with van der Waals surface area (Å²) in [7, 11) is -0.262. The molecule has 0 aromatic rings. The van der Waals surface area contributed by atoms with Crippen molar-refractivity contribution in [2.75, 3.05) is 20.1 Å². The highest BCUT2D eigenvalue weighted by Gasteiger charge is 2.32. The highest BCUT2D eigenvalue weighted by molar-refractivity contribution is 6.43. The molecule has 15 heteroatoms. The quantitative estimate of drug-likeness (QED) is 0.0330. The molecule has 0 aliphatic rings. The first-order chi connectivity index (χ1) is 16.3. The molecule has 0 aromatic heterocycles. The Kier molecular flexibility index (Phi) is 16.0. The van der Waals surface area contributed by atoms with Gasteiger partial charge in [0.25, 0.3) is 5.96 Å². The summed E-state index contributed by atoms with van der Waals surface area (Å²) in [6.45, 7) is 5.86. The molecule has 0 spiro atoms. The van der Waals surface area contributed by atoms with Gasteiger partial charge in [0.2, 0.25) is 17.7 Å². The Labute approximate surface area is 206 Å². The SMILES string of the molecule is CC(=O)NCCCCCC(=O)N(C)[C@@H](CCCNC(=N)N[N+](=O)[O-])C(=O)N[C@@H](CC(C)C)B(O)O. The van der Waals surface area contributed by atoms with Gasteiger partial charge in [-0.15, -0.1) is 0 Å². The number of likely N-dealkylation sites (N-methyl/N-ethyl adjacent to an activating group) is 1. The van der Waals surface area contributed by atoms with E-state index < -0.39 is 36.0 Å². The first-order valence-electron chi connectivity index (χ1n) is 11.7. The van der Waals surface area contributed by atoms with E-state index in [2.05, 4.69) is 16.0 Å². The van der Waals surface area contributed by atoms with E-state index in [0.717, 1.165) is 12.8 Å². The van der Waals surface area contributed by atoms with Crippen molar-refractivity contribution in [3.05, 3.63) is 10.1 Å². The molecule has 0 aliphatic carbocycles. The lowest BCUT2D eigenvalue weighted by Crippen LogP contribution is -2.54. The van der Waals surface area contributed by atoms with E-state index in [9.17, 15) is 34.5 Å². The van der Waals surface area contributed by atoms with Crippen LogP contribution in [0.4, 0.5) is 0 Å². The van der Waals surface area contributed by atoms with Crippen molar-refractivity contribution in [1.82, 2.24) is 26.3 Å². The molecule has 0 saturated carbocycles. The van der Waals surface area contributed by atoms with Crippen LogP contribution in [0.5, 0.6) is 0 Å². The van der Waals surface area contributed by atoms with Crippen LogP contribution >= 0.6 is 0 Å². The molecule has 0 fully saturated rings. The molecule has 0 rings (SSSR count). The van der Waals surface area contributed by atoms with Gasteiger partial charge >= 0.3 is 7.12 Å². The van der Waals surface area contributed by atoms with Gasteiger partial charge in [0.05, 0.1) is 5.94 Å². The van der Waals surface area contributed by atoms with Crippen LogP contribution in [0.2, 0.25) is 0 Å². The summed E-state index contributed by atoms with van der Waals surface area (Å²) >= 11 is 0. The fraction of sp³-hybridized carbons (Fsp3) is 0.800. The molecule has 14 nitrogen and oxygen atoms in total. The number of hydrazine groups is 1. The van der Waals surface area contributed by atoms with Crippen LogP contribution in [-0.2, 0) is 14.4 Å². The van der Waals surface area contributed by atoms with Gasteiger partial charge in [-0.3, -0.25) is 19.8 Å². The number of amides is 3. The number of nitrogens with zero attached hydrogens (tertiary/aromatic N) is 2. The van der Waals surface area contributed by atoms with Gasteiger partial charge in [0, 0.05) is 33.5 Å². The maximum Gasteiger partial charge on any atom is 0.475 e. The molecule has 0 saturated heterocycles. The van der Waals surface area contributed by atoms with Gasteiger partial charge in [0.15, 0.2) is 5.03 Å². The minimum Gasteiger partial charge on any atom is -0.426 e. The van der Waals surface area contributed by atoms with Gasteiger partial charge in [-0.1, -0.05) is 25.7 Å². The number of carbonyl (C=O) groups is 3. The predicted octanol–water partition coefficient (Wildman–Crippen LogP) is -0.861. The van der Waals surface area contributed by atoms with Crippen LogP contribution in [0.15, 0.2) is 0 Å². The van der Waals surface area contributed by atoms with Crippen LogP contribution in [0.3, 0.4) is 0 Å². The van der Waals surface area contributed by atoms with Gasteiger partial charge in [-0.2, -0.15) is 0 Å². The summed E-state index contributed by atoms with van der Waals surface area (Å²) in [5, 5.41) is 44.0. The van der Waals surface area contributed by atoms with Gasteiger partial charge in [-0.05, 0) is 38.0 Å². The van der Waals surface area contributed by atoms with Gasteiger partial charge in [-0.25, -0.2) is 10.1 Å². The van der Waals surface area contributed by atoms with E-state index in [1.54, 1.807) is 5.43 Å². The standard InChI is InChI=1S/C20H40BN7O7/c1-14(2)13-17(21(32)33)25-19(31)16(9-8-12-24-20(22)26-28(34)35)27(4)18(30)10-6-5-7-11-23-15(3)29/h14,16-17,32-33H,5-13H2,1-4H3,(H,23,29)(H,25,31)(H3,22,24,26)/t16-,17-/m0/s1. The van der Waals surface area contributed by atoms with E-state index in [4.69, 9.17) is 5.41 Å². The Hall–Kier alpha value is -2.94. The Morgan fingerprint density at radius 3 is 2.26 bits per heavy atom. The lowest BCUT2D eigenvalue weighted by molar-refractivity contribution is -0.525. The second-order valence-electron chi connectivity index (χ2n) is 8.79. The van der Waals surface area contributed by atoms with Crippen molar-refractivity contribution in [1.29, 1.82) is 5.41 Å². The first kappa shape index (κ1) is 32.1. The number of rotatable bonds is 17. The van der Waals surface area contributed by atoms with Crippen LogP contribution in [0.25, 0.3) is 0 Å². The summed E-state index contributed by atoms with van der Waals surface area (Å²) in [4.78, 5) is 48.3. The van der Waals surface area contributed by atoms with Gasteiger partial charge in [0.1, 0.15) is 6.04 Å². The number of hydrogen-bond acceptors (Lipinski definition) is 8. The molecule has 0 aliphatic heterocycles. The third-order valence-electron chi connectivity index (χ3n) is 5.18. The Morgan fingerprint density at radius 2 is 1.71 bits per heavy atom. The maximum atomic E-state index is 13.0. The lowest BCUT2D eigenvalue weighted by atomic mass is 9.75. The topological polar surface area (TPSA) is 210 Å². The Bertz CT molecular complexity index is 709. The number of carbonyl (C=O) groups excluding carboxylic acids is 3. The zero-order chi connectivity index (χ0) is 27.0. The second-order valence-corrected chi connectivity index (χ2v) is 8.79. The summed E-state index contributed by atoms with van der Waals surface area (Å²) in [5.41, 5.74) is 1.67. The first-order valence-corrected chi connectivity index (χ1v) is 11.7. The molecule has 0 aromatic carbocycles. The summed E-state index contributed by atoms with van der Waals surface area (Å²) in [5.74, 6) is -2.23. The van der Waals surface area contributed by atoms with Crippen LogP contribution in [-0.4, -0.2) is 82.9 Å². The summed E-state index contributed by atoms with van der Waals surface area (Å²) < 4.78 is 0. The van der Waals surface area contributed by atoms with Crippen molar-refractivity contribution < 1.29 is 29.5 Å². The molecular formula is C20H40BN7O7. The molecular weight excluding hydrogens is 461 g/mol. The van der Waals surface area contributed by atoms with Crippen molar-refractivity contribution in [3.8, 4) is 0 Å². The number of unbranched alkanes of at least 4 members (excludes halogenated alkanes) is 2. The molecule has 2 atom stereocenters. The summed E-state index contributed by atoms with van der Waals surface area (Å²) in [6, 6.07) is -0.908. The number of nitro groups is 1. The van der Waals surface area contributed by atoms with E-state index >= 15 is 0 Å². The van der Waals surface area contributed by atoms with E-state index in [1.165, 1.54) is 18.9 Å². The molecule has 0 radical (unpaired) electrons. The summed E-state index contributed by atoms with van der Waals surface area (Å²) in [6.07, 6.45) is 3.05. The Morgan fingerprint density at radius 1 is 1.09 bits per heavy atom. The molecule has 200 valence electrons. The second kappa shape index (κ2) is 17.5. The van der Waals surface area contributed by atoms with Crippen molar-refractivity contribution in [2.24, 2.45) is 5.92 Å². The lowest BCUT2D eigenvalue weighted by Gasteiger charge is -2.30. The highest BCUT2D eigenvalue weighted by Crippen LogP contribution is 2.12. The van der Waals surface area contributed by atoms with E-state index in [1.807, 2.05) is 13.8 Å². The molecule has 3 amide bonds. The van der Waals surface area contributed by atoms with Crippen LogP contribution in [0.1, 0.15) is 65.7 Å². The predicted molar refractivity (Wildman–Crippen MR) is 130 cm³/mol. The molecule has 7 N–H and O–H groups in total. The van der Waals surface area contributed by atoms with E-state index in [0.29, 0.717) is 25.8 Å². The Balaban J connectivity index is 5.04. The van der Waals surface area contributed by atoms with Crippen molar-refractivity contribution in [2.45, 2.75) is 77.7 Å². The zero-order valence-electron chi connectivity index (χ0n) is 21.0. The van der Waals surface area contributed by atoms with Crippen molar-refractivity contribution in [3.63, 3.8) is 0 Å². The molecule has 0 bridgehead atoms. The fourth-order valence-electron chi connectivity index (χ4n) is 3.37. The third kappa shape index (κ3) is 15.6. The molecule has 0 unspecified atom stereocenters. The maximum absolute atomic E-state index is 13.0. The minimum atomic E-state index is -1.76. The number of nitrogens with one attached hydrogen (secondary N) is 5. The average Bonchev–Trinajstić information content (AvgIpc) is 2.73.